The number of nitrogens with one attached hydrogen (secondary N) is 1. The molecule has 0 heterocycles. The van der Waals surface area contributed by atoms with E-state index in [-0.39, 0.29) is 10.3 Å². The molecule has 1 saturated carbocycles. The molecule has 0 unspecified atom stereocenters. The van der Waals surface area contributed by atoms with Gasteiger partial charge in [-0.1, -0.05) is 37.6 Å². The fraction of sp³-hybridized carbons (Fsp3) is 0.368. The molecular weight excluding hydrogens is 372 g/mol. The van der Waals surface area contributed by atoms with Crippen LogP contribution >= 0.6 is 11.6 Å². The third-order valence-corrected chi connectivity index (χ3v) is 6.46. The van der Waals surface area contributed by atoms with Crippen molar-refractivity contribution in [2.24, 2.45) is 16.5 Å². The minimum Gasteiger partial charge on any atom is -0.495 e. The van der Waals surface area contributed by atoms with Crippen molar-refractivity contribution in [1.82, 2.24) is 0 Å². The Hall–Kier alpha value is -1.76. The zero-order valence-electron chi connectivity index (χ0n) is 15.0. The lowest BCUT2D eigenvalue weighted by Gasteiger charge is -2.12. The van der Waals surface area contributed by atoms with Crippen LogP contribution in [0.2, 0.25) is 5.02 Å². The Labute approximate surface area is 159 Å². The number of hydrogen-bond donors (Lipinski definition) is 2. The molecule has 3 N–H and O–H groups in total. The van der Waals surface area contributed by atoms with E-state index in [4.69, 9.17) is 21.5 Å². The summed E-state index contributed by atoms with van der Waals surface area (Å²) < 4.78 is 28.2. The summed E-state index contributed by atoms with van der Waals surface area (Å²) >= 11 is 6.08. The highest BCUT2D eigenvalue weighted by molar-refractivity contribution is 7.89. The molecule has 5 nitrogen and oxygen atoms in total. The number of rotatable bonds is 6. The van der Waals surface area contributed by atoms with Crippen molar-refractivity contribution < 1.29 is 13.2 Å². The van der Waals surface area contributed by atoms with Gasteiger partial charge in [0.15, 0.2) is 0 Å². The van der Waals surface area contributed by atoms with Crippen LogP contribution in [0.3, 0.4) is 0 Å². The molecule has 2 aromatic rings. The lowest BCUT2D eigenvalue weighted by atomic mass is 10.0. The molecule has 1 aliphatic carbocycles. The van der Waals surface area contributed by atoms with Gasteiger partial charge in [-0.3, -0.25) is 0 Å². The fourth-order valence-corrected chi connectivity index (χ4v) is 4.38. The van der Waals surface area contributed by atoms with Crippen LogP contribution in [-0.2, 0) is 10.0 Å². The van der Waals surface area contributed by atoms with Gasteiger partial charge in [0.05, 0.1) is 17.7 Å². The van der Waals surface area contributed by atoms with Crippen molar-refractivity contribution in [3.05, 3.63) is 53.1 Å². The smallest absolute Gasteiger partial charge is 0.238 e. The lowest BCUT2D eigenvalue weighted by Crippen LogP contribution is -2.11. The van der Waals surface area contributed by atoms with Crippen LogP contribution in [-0.4, -0.2) is 22.1 Å². The maximum absolute atomic E-state index is 11.4. The summed E-state index contributed by atoms with van der Waals surface area (Å²) in [4.78, 5) is 0.137. The minimum atomic E-state index is -3.66. The van der Waals surface area contributed by atoms with Gasteiger partial charge in [0, 0.05) is 11.6 Å². The standard InChI is InChI=1S/C19H23ClN2O3S/c1-19(2)15(11-22-16-10-13(20)6-9-17(16)25-3)18(19)12-4-7-14(8-5-12)26(21,23)24/h4-10,15,18,22H,11H2,1-3H3,(H2,21,23,24)/t15-,18-/m1/s1. The largest absolute Gasteiger partial charge is 0.495 e. The van der Waals surface area contributed by atoms with Crippen LogP contribution in [0.25, 0.3) is 0 Å². The Morgan fingerprint density at radius 1 is 1.19 bits per heavy atom. The Bertz CT molecular complexity index is 911. The number of anilines is 1. The molecule has 0 radical (unpaired) electrons. The van der Waals surface area contributed by atoms with Crippen molar-refractivity contribution >= 4 is 27.3 Å². The summed E-state index contributed by atoms with van der Waals surface area (Å²) in [5.74, 6) is 1.50. The molecule has 7 heteroatoms. The van der Waals surface area contributed by atoms with Crippen molar-refractivity contribution in [1.29, 1.82) is 0 Å². The first-order valence-electron chi connectivity index (χ1n) is 8.35. The van der Waals surface area contributed by atoms with Gasteiger partial charge in [-0.2, -0.15) is 0 Å². The molecule has 3 rings (SSSR count). The van der Waals surface area contributed by atoms with E-state index < -0.39 is 10.0 Å². The summed E-state index contributed by atoms with van der Waals surface area (Å²) in [6, 6.07) is 12.3. The highest BCUT2D eigenvalue weighted by atomic mass is 35.5. The monoisotopic (exact) mass is 394 g/mol. The van der Waals surface area contributed by atoms with Crippen LogP contribution in [0.5, 0.6) is 5.75 Å². The molecule has 0 saturated heterocycles. The second kappa shape index (κ2) is 6.76. The summed E-state index contributed by atoms with van der Waals surface area (Å²) in [6.45, 7) is 5.20. The molecular formula is C19H23ClN2O3S. The summed E-state index contributed by atoms with van der Waals surface area (Å²) in [5.41, 5.74) is 2.10. The minimum absolute atomic E-state index is 0.113. The maximum atomic E-state index is 11.4. The first kappa shape index (κ1) is 19.0. The molecule has 0 aromatic heterocycles. The van der Waals surface area contributed by atoms with Crippen LogP contribution in [0.15, 0.2) is 47.4 Å². The van der Waals surface area contributed by atoms with Gasteiger partial charge in [0.2, 0.25) is 10.0 Å². The quantitative estimate of drug-likeness (QED) is 0.779. The lowest BCUT2D eigenvalue weighted by molar-refractivity contribution is 0.416. The first-order valence-corrected chi connectivity index (χ1v) is 10.3. The number of halogens is 1. The van der Waals surface area contributed by atoms with Gasteiger partial charge in [-0.05, 0) is 53.1 Å². The van der Waals surface area contributed by atoms with E-state index in [1.165, 1.54) is 0 Å². The number of primary sulfonamides is 1. The zero-order valence-corrected chi connectivity index (χ0v) is 16.6. The van der Waals surface area contributed by atoms with Crippen LogP contribution < -0.4 is 15.2 Å². The van der Waals surface area contributed by atoms with Crippen LogP contribution in [0.1, 0.15) is 25.3 Å². The van der Waals surface area contributed by atoms with E-state index in [9.17, 15) is 8.42 Å². The van der Waals surface area contributed by atoms with Crippen molar-refractivity contribution in [2.45, 2.75) is 24.7 Å². The van der Waals surface area contributed by atoms with E-state index in [1.807, 2.05) is 24.3 Å². The highest BCUT2D eigenvalue weighted by Gasteiger charge is 2.57. The summed E-state index contributed by atoms with van der Waals surface area (Å²) in [7, 11) is -2.03. The number of hydrogen-bond acceptors (Lipinski definition) is 4. The molecule has 0 aliphatic heterocycles. The van der Waals surface area contributed by atoms with Crippen LogP contribution in [0.4, 0.5) is 5.69 Å². The van der Waals surface area contributed by atoms with E-state index in [0.717, 1.165) is 23.5 Å². The Balaban J connectivity index is 1.73. The van der Waals surface area contributed by atoms with Crippen molar-refractivity contribution in [2.75, 3.05) is 19.0 Å². The maximum Gasteiger partial charge on any atom is 0.238 e. The topological polar surface area (TPSA) is 81.4 Å². The number of methoxy groups -OCH3 is 1. The van der Waals surface area contributed by atoms with Crippen LogP contribution in [0, 0.1) is 11.3 Å². The first-order chi connectivity index (χ1) is 12.1. The average Bonchev–Trinajstić information content (AvgIpc) is 3.13. The Morgan fingerprint density at radius 3 is 2.42 bits per heavy atom. The summed E-state index contributed by atoms with van der Waals surface area (Å²) in [5, 5.41) is 9.25. The highest BCUT2D eigenvalue weighted by Crippen LogP contribution is 2.64. The molecule has 2 aromatic carbocycles. The molecule has 0 spiro atoms. The van der Waals surface area contributed by atoms with Crippen molar-refractivity contribution in [3.63, 3.8) is 0 Å². The Morgan fingerprint density at radius 2 is 1.85 bits per heavy atom. The molecule has 2 atom stereocenters. The van der Waals surface area contributed by atoms with Gasteiger partial charge >= 0.3 is 0 Å². The third-order valence-electron chi connectivity index (χ3n) is 5.29. The predicted molar refractivity (Wildman–Crippen MR) is 104 cm³/mol. The number of benzene rings is 2. The number of sulfonamides is 1. The zero-order chi connectivity index (χ0) is 19.1. The molecule has 0 amide bonds. The second-order valence-electron chi connectivity index (χ2n) is 7.25. The fourth-order valence-electron chi connectivity index (χ4n) is 3.69. The molecule has 1 aliphatic rings. The normalized spacial score (nSPS) is 21.3. The second-order valence-corrected chi connectivity index (χ2v) is 9.24. The van der Waals surface area contributed by atoms with Gasteiger partial charge in [0.25, 0.3) is 0 Å². The molecule has 1 fully saturated rings. The van der Waals surface area contributed by atoms with Gasteiger partial charge in [0.1, 0.15) is 5.75 Å². The Kier molecular flexibility index (Phi) is 4.94. The van der Waals surface area contributed by atoms with E-state index in [0.29, 0.717) is 16.9 Å². The van der Waals surface area contributed by atoms with E-state index in [2.05, 4.69) is 19.2 Å². The predicted octanol–water partition coefficient (Wildman–Crippen LogP) is 3.85. The average molecular weight is 395 g/mol. The molecule has 140 valence electrons. The van der Waals surface area contributed by atoms with E-state index in [1.54, 1.807) is 25.3 Å². The third kappa shape index (κ3) is 3.68. The van der Waals surface area contributed by atoms with Gasteiger partial charge in [-0.25, -0.2) is 13.6 Å². The van der Waals surface area contributed by atoms with E-state index >= 15 is 0 Å². The SMILES string of the molecule is COc1ccc(Cl)cc1NC[C@@H]1[C@@H](c2ccc(S(N)(=O)=O)cc2)C1(C)C. The number of nitrogens with two attached hydrogens (primary N) is 1. The van der Waals surface area contributed by atoms with Crippen molar-refractivity contribution in [3.8, 4) is 5.75 Å². The van der Waals surface area contributed by atoms with Gasteiger partial charge < -0.3 is 10.1 Å². The number of ether oxygens (including phenoxy) is 1. The van der Waals surface area contributed by atoms with Gasteiger partial charge in [-0.15, -0.1) is 0 Å². The molecule has 0 bridgehead atoms. The molecule has 26 heavy (non-hydrogen) atoms. The summed E-state index contributed by atoms with van der Waals surface area (Å²) in [6.07, 6.45) is 0.